The summed E-state index contributed by atoms with van der Waals surface area (Å²) in [5, 5.41) is 0. The largest absolute Gasteiger partial charge is 0.356 e. The van der Waals surface area contributed by atoms with Gasteiger partial charge in [0.25, 0.3) is 0 Å². The highest BCUT2D eigenvalue weighted by Crippen LogP contribution is 2.12. The van der Waals surface area contributed by atoms with E-state index in [-0.39, 0.29) is 5.78 Å². The Hall–Kier alpha value is -1.19. The Morgan fingerprint density at radius 3 is 2.73 bits per heavy atom. The fraction of sp³-hybridized carbons (Fsp3) is 0.417. The van der Waals surface area contributed by atoms with Crippen molar-refractivity contribution in [2.75, 3.05) is 6.61 Å². The molecule has 0 saturated heterocycles. The van der Waals surface area contributed by atoms with E-state index in [4.69, 9.17) is 10.5 Å². The Morgan fingerprint density at radius 2 is 2.13 bits per heavy atom. The molecule has 0 aliphatic heterocycles. The van der Waals surface area contributed by atoms with Crippen LogP contribution in [-0.2, 0) is 4.74 Å². The lowest BCUT2D eigenvalue weighted by Gasteiger charge is -2.12. The number of nitrogens with two attached hydrogens (primary N) is 1. The van der Waals surface area contributed by atoms with Gasteiger partial charge in [0.15, 0.2) is 6.23 Å². The van der Waals surface area contributed by atoms with E-state index in [1.807, 2.05) is 39.0 Å². The number of Topliss-reactive ketones (excluding diaryl/α,β-unsaturated/α-hetero) is 1. The van der Waals surface area contributed by atoms with Gasteiger partial charge in [-0.1, -0.05) is 17.7 Å². The van der Waals surface area contributed by atoms with Crippen LogP contribution in [0.25, 0.3) is 0 Å². The molecule has 0 radical (unpaired) electrons. The number of carbonyl (C=O) groups excluding carboxylic acids is 1. The summed E-state index contributed by atoms with van der Waals surface area (Å²) in [6.45, 7) is 6.10. The van der Waals surface area contributed by atoms with Crippen LogP contribution in [0.5, 0.6) is 0 Å². The van der Waals surface area contributed by atoms with Crippen molar-refractivity contribution in [1.29, 1.82) is 0 Å². The average Bonchev–Trinajstić information content (AvgIpc) is 2.21. The van der Waals surface area contributed by atoms with Crippen molar-refractivity contribution < 1.29 is 9.53 Å². The third kappa shape index (κ3) is 2.88. The van der Waals surface area contributed by atoms with Crippen molar-refractivity contribution in [2.24, 2.45) is 5.73 Å². The van der Waals surface area contributed by atoms with E-state index in [1.54, 1.807) is 0 Å². The lowest BCUT2D eigenvalue weighted by atomic mass is 10.0. The van der Waals surface area contributed by atoms with Crippen LogP contribution in [0.3, 0.4) is 0 Å². The van der Waals surface area contributed by atoms with Crippen molar-refractivity contribution in [3.05, 3.63) is 34.9 Å². The number of benzene rings is 1. The summed E-state index contributed by atoms with van der Waals surface area (Å²) in [5.41, 5.74) is 8.24. The molecule has 3 nitrogen and oxygen atoms in total. The minimum atomic E-state index is -0.851. The molecule has 0 aromatic heterocycles. The Morgan fingerprint density at radius 1 is 1.47 bits per heavy atom. The predicted octanol–water partition coefficient (Wildman–Crippen LogP) is 1.81. The molecular formula is C12H17NO2. The summed E-state index contributed by atoms with van der Waals surface area (Å²) in [7, 11) is 0. The first kappa shape index (κ1) is 11.9. The summed E-state index contributed by atoms with van der Waals surface area (Å²) in [4.78, 5) is 11.9. The van der Waals surface area contributed by atoms with E-state index in [9.17, 15) is 4.79 Å². The van der Waals surface area contributed by atoms with Crippen molar-refractivity contribution in [3.63, 3.8) is 0 Å². The number of hydrogen-bond donors (Lipinski definition) is 1. The SMILES string of the molecule is CCOC(N)C(=O)c1cc(C)ccc1C. The van der Waals surface area contributed by atoms with Crippen LogP contribution in [0.15, 0.2) is 18.2 Å². The third-order valence-electron chi connectivity index (χ3n) is 2.26. The molecule has 1 atom stereocenters. The van der Waals surface area contributed by atoms with Gasteiger partial charge in [-0.05, 0) is 32.4 Å². The van der Waals surface area contributed by atoms with Crippen LogP contribution in [0, 0.1) is 13.8 Å². The molecule has 0 amide bonds. The number of ether oxygens (including phenoxy) is 1. The fourth-order valence-corrected chi connectivity index (χ4v) is 1.41. The molecule has 1 aromatic rings. The van der Waals surface area contributed by atoms with Gasteiger partial charge in [0.05, 0.1) is 0 Å². The maximum Gasteiger partial charge on any atom is 0.206 e. The second kappa shape index (κ2) is 5.05. The van der Waals surface area contributed by atoms with E-state index in [0.29, 0.717) is 12.2 Å². The molecule has 0 bridgehead atoms. The number of carbonyl (C=O) groups is 1. The summed E-state index contributed by atoms with van der Waals surface area (Å²) < 4.78 is 5.08. The number of ketones is 1. The zero-order valence-electron chi connectivity index (χ0n) is 9.41. The first-order valence-corrected chi connectivity index (χ1v) is 5.05. The number of hydrogen-bond acceptors (Lipinski definition) is 3. The van der Waals surface area contributed by atoms with E-state index >= 15 is 0 Å². The average molecular weight is 207 g/mol. The zero-order valence-corrected chi connectivity index (χ0v) is 9.41. The minimum Gasteiger partial charge on any atom is -0.356 e. The highest BCUT2D eigenvalue weighted by atomic mass is 16.5. The first-order valence-electron chi connectivity index (χ1n) is 5.05. The lowest BCUT2D eigenvalue weighted by molar-refractivity contribution is 0.0479. The maximum atomic E-state index is 11.9. The molecule has 0 saturated carbocycles. The Labute approximate surface area is 90.2 Å². The van der Waals surface area contributed by atoms with Crippen molar-refractivity contribution >= 4 is 5.78 Å². The van der Waals surface area contributed by atoms with Gasteiger partial charge in [0.2, 0.25) is 5.78 Å². The molecule has 1 unspecified atom stereocenters. The highest BCUT2D eigenvalue weighted by Gasteiger charge is 2.17. The van der Waals surface area contributed by atoms with Crippen molar-refractivity contribution in [3.8, 4) is 0 Å². The van der Waals surface area contributed by atoms with E-state index in [1.165, 1.54) is 0 Å². The van der Waals surface area contributed by atoms with Gasteiger partial charge in [-0.3, -0.25) is 10.5 Å². The summed E-state index contributed by atoms with van der Waals surface area (Å²) in [6, 6.07) is 5.73. The standard InChI is InChI=1S/C12H17NO2/c1-4-15-12(13)11(14)10-7-8(2)5-6-9(10)3/h5-7,12H,4,13H2,1-3H3. The third-order valence-corrected chi connectivity index (χ3v) is 2.26. The van der Waals surface area contributed by atoms with E-state index in [0.717, 1.165) is 11.1 Å². The van der Waals surface area contributed by atoms with Gasteiger partial charge >= 0.3 is 0 Å². The Balaban J connectivity index is 2.95. The van der Waals surface area contributed by atoms with E-state index in [2.05, 4.69) is 0 Å². The maximum absolute atomic E-state index is 11.9. The molecule has 0 aliphatic rings. The second-order valence-electron chi connectivity index (χ2n) is 3.56. The quantitative estimate of drug-likeness (QED) is 0.605. The molecule has 15 heavy (non-hydrogen) atoms. The number of rotatable bonds is 4. The monoisotopic (exact) mass is 207 g/mol. The molecule has 82 valence electrons. The fourth-order valence-electron chi connectivity index (χ4n) is 1.41. The molecule has 0 heterocycles. The topological polar surface area (TPSA) is 52.3 Å². The van der Waals surface area contributed by atoms with Crippen LogP contribution in [0.2, 0.25) is 0 Å². The van der Waals surface area contributed by atoms with E-state index < -0.39 is 6.23 Å². The van der Waals surface area contributed by atoms with Gasteiger partial charge in [-0.15, -0.1) is 0 Å². The van der Waals surface area contributed by atoms with Crippen LogP contribution in [0.1, 0.15) is 28.4 Å². The van der Waals surface area contributed by atoms with Crippen molar-refractivity contribution in [1.82, 2.24) is 0 Å². The Bertz CT molecular complexity index is 361. The van der Waals surface area contributed by atoms with Crippen LogP contribution < -0.4 is 5.73 Å². The lowest BCUT2D eigenvalue weighted by Crippen LogP contribution is -2.33. The molecule has 3 heteroatoms. The number of aryl methyl sites for hydroxylation is 2. The normalized spacial score (nSPS) is 12.5. The molecular weight excluding hydrogens is 190 g/mol. The van der Waals surface area contributed by atoms with Gasteiger partial charge in [0, 0.05) is 12.2 Å². The summed E-state index contributed by atoms with van der Waals surface area (Å²) in [6.07, 6.45) is -0.851. The van der Waals surface area contributed by atoms with Crippen LogP contribution in [0.4, 0.5) is 0 Å². The molecule has 1 aromatic carbocycles. The predicted molar refractivity (Wildman–Crippen MR) is 59.8 cm³/mol. The smallest absolute Gasteiger partial charge is 0.206 e. The van der Waals surface area contributed by atoms with Crippen molar-refractivity contribution in [2.45, 2.75) is 27.0 Å². The molecule has 0 spiro atoms. The molecule has 1 rings (SSSR count). The first-order chi connectivity index (χ1) is 7.06. The van der Waals surface area contributed by atoms with Gasteiger partial charge in [0.1, 0.15) is 0 Å². The van der Waals surface area contributed by atoms with Crippen LogP contribution >= 0.6 is 0 Å². The van der Waals surface area contributed by atoms with Gasteiger partial charge < -0.3 is 4.74 Å². The zero-order chi connectivity index (χ0) is 11.4. The highest BCUT2D eigenvalue weighted by molar-refractivity contribution is 6.00. The molecule has 0 aliphatic carbocycles. The second-order valence-corrected chi connectivity index (χ2v) is 3.56. The molecule has 2 N–H and O–H groups in total. The minimum absolute atomic E-state index is 0.155. The Kier molecular flexibility index (Phi) is 4.00. The summed E-state index contributed by atoms with van der Waals surface area (Å²) in [5.74, 6) is -0.155. The summed E-state index contributed by atoms with van der Waals surface area (Å²) >= 11 is 0. The van der Waals surface area contributed by atoms with Crippen LogP contribution in [-0.4, -0.2) is 18.6 Å². The van der Waals surface area contributed by atoms with Gasteiger partial charge in [-0.25, -0.2) is 0 Å². The van der Waals surface area contributed by atoms with Gasteiger partial charge in [-0.2, -0.15) is 0 Å². The molecule has 0 fully saturated rings.